The van der Waals surface area contributed by atoms with Gasteiger partial charge in [0, 0.05) is 18.5 Å². The summed E-state index contributed by atoms with van der Waals surface area (Å²) in [5.41, 5.74) is 1.28. The van der Waals surface area contributed by atoms with Gasteiger partial charge in [-0.3, -0.25) is 10.1 Å². The van der Waals surface area contributed by atoms with Crippen molar-refractivity contribution >= 4 is 5.69 Å². The van der Waals surface area contributed by atoms with E-state index < -0.39 is 0 Å². The smallest absolute Gasteiger partial charge is 0.280 e. The highest BCUT2D eigenvalue weighted by Crippen LogP contribution is 2.59. The van der Waals surface area contributed by atoms with Gasteiger partial charge in [0.05, 0.1) is 10.5 Å². The molecular formula is C22H30N4O2. The van der Waals surface area contributed by atoms with Gasteiger partial charge >= 0.3 is 0 Å². The van der Waals surface area contributed by atoms with E-state index in [4.69, 9.17) is 0 Å². The number of aromatic nitrogens is 3. The molecule has 3 aliphatic carbocycles. The zero-order valence-electron chi connectivity index (χ0n) is 17.0. The van der Waals surface area contributed by atoms with Crippen molar-refractivity contribution in [2.75, 3.05) is 0 Å². The summed E-state index contributed by atoms with van der Waals surface area (Å²) < 4.78 is 2.01. The van der Waals surface area contributed by atoms with Crippen LogP contribution in [0.4, 0.5) is 5.69 Å². The maximum atomic E-state index is 11.4. The third-order valence-corrected chi connectivity index (χ3v) is 7.40. The lowest BCUT2D eigenvalue weighted by Gasteiger charge is -2.53. The van der Waals surface area contributed by atoms with Gasteiger partial charge in [-0.2, -0.15) is 0 Å². The van der Waals surface area contributed by atoms with E-state index in [0.29, 0.717) is 16.8 Å². The Bertz CT molecular complexity index is 849. The first kappa shape index (κ1) is 19.1. The van der Waals surface area contributed by atoms with Gasteiger partial charge in [-0.15, -0.1) is 10.2 Å². The number of fused-ring (bicyclic) bond motifs is 3. The monoisotopic (exact) mass is 382 g/mol. The minimum atomic E-state index is -0.339. The molecule has 3 aliphatic rings. The Morgan fingerprint density at radius 1 is 1.07 bits per heavy atom. The van der Waals surface area contributed by atoms with Gasteiger partial charge < -0.3 is 4.57 Å². The summed E-state index contributed by atoms with van der Waals surface area (Å²) in [4.78, 5) is 11.1. The quantitative estimate of drug-likeness (QED) is 0.357. The van der Waals surface area contributed by atoms with Crippen molar-refractivity contribution in [1.29, 1.82) is 0 Å². The zero-order valence-corrected chi connectivity index (χ0v) is 17.0. The van der Waals surface area contributed by atoms with Gasteiger partial charge in [-0.1, -0.05) is 38.3 Å². The normalized spacial score (nSPS) is 26.5. The molecule has 1 aromatic heterocycles. The number of rotatable bonds is 7. The van der Waals surface area contributed by atoms with E-state index >= 15 is 0 Å². The highest BCUT2D eigenvalue weighted by Gasteiger charge is 2.51. The average molecular weight is 383 g/mol. The highest BCUT2D eigenvalue weighted by atomic mass is 16.6. The van der Waals surface area contributed by atoms with E-state index in [9.17, 15) is 10.1 Å². The molecule has 0 atom stereocenters. The molecule has 0 aliphatic heterocycles. The minimum absolute atomic E-state index is 0.0873. The molecule has 0 saturated heterocycles. The Morgan fingerprint density at radius 3 is 2.39 bits per heavy atom. The first-order valence-electron chi connectivity index (χ1n) is 10.6. The van der Waals surface area contributed by atoms with Gasteiger partial charge in [0.25, 0.3) is 5.69 Å². The standard InChI is InChI=1S/C22H30N4O2/c1-3-4-7-10-21-11-14-22(15-12-21,16-13-21)20-24-23-19(25(20)2)17-8-5-6-9-18(17)26(27)28/h5-6,8-9H,3-4,7,10-16H2,1-2H3. The van der Waals surface area contributed by atoms with Crippen molar-refractivity contribution in [2.24, 2.45) is 12.5 Å². The molecule has 1 aromatic carbocycles. The van der Waals surface area contributed by atoms with E-state index in [-0.39, 0.29) is 16.0 Å². The van der Waals surface area contributed by atoms with Gasteiger partial charge in [0.15, 0.2) is 5.82 Å². The predicted molar refractivity (Wildman–Crippen MR) is 109 cm³/mol. The van der Waals surface area contributed by atoms with Gasteiger partial charge in [-0.05, 0) is 56.4 Å². The molecule has 6 nitrogen and oxygen atoms in total. The molecule has 2 aromatic rings. The summed E-state index contributed by atoms with van der Waals surface area (Å²) in [7, 11) is 1.97. The van der Waals surface area contributed by atoms with Crippen molar-refractivity contribution in [3.63, 3.8) is 0 Å². The molecule has 1 heterocycles. The van der Waals surface area contributed by atoms with Crippen LogP contribution in [0.15, 0.2) is 24.3 Å². The number of nitro benzene ring substituents is 1. The molecule has 0 radical (unpaired) electrons. The second-order valence-electron chi connectivity index (χ2n) is 8.92. The van der Waals surface area contributed by atoms with Crippen LogP contribution in [0.2, 0.25) is 0 Å². The summed E-state index contributed by atoms with van der Waals surface area (Å²) >= 11 is 0. The summed E-state index contributed by atoms with van der Waals surface area (Å²) in [5, 5.41) is 20.4. The maximum absolute atomic E-state index is 11.4. The topological polar surface area (TPSA) is 73.8 Å². The van der Waals surface area contributed by atoms with E-state index in [1.807, 2.05) is 17.7 Å². The Labute approximate surface area is 166 Å². The predicted octanol–water partition coefficient (Wildman–Crippen LogP) is 5.56. The number of hydrogen-bond donors (Lipinski definition) is 0. The van der Waals surface area contributed by atoms with Crippen LogP contribution in [-0.4, -0.2) is 19.7 Å². The van der Waals surface area contributed by atoms with E-state index in [1.165, 1.54) is 70.3 Å². The lowest BCUT2D eigenvalue weighted by Crippen LogP contribution is -2.45. The van der Waals surface area contributed by atoms with Crippen LogP contribution in [0.5, 0.6) is 0 Å². The van der Waals surface area contributed by atoms with Crippen molar-refractivity contribution in [2.45, 2.75) is 76.5 Å². The molecule has 0 unspecified atom stereocenters. The van der Waals surface area contributed by atoms with Crippen molar-refractivity contribution in [1.82, 2.24) is 14.8 Å². The first-order chi connectivity index (χ1) is 13.5. The third-order valence-electron chi connectivity index (χ3n) is 7.40. The van der Waals surface area contributed by atoms with Crippen LogP contribution in [0.3, 0.4) is 0 Å². The molecule has 6 heteroatoms. The number of benzene rings is 1. The third kappa shape index (κ3) is 3.12. The average Bonchev–Trinajstić information content (AvgIpc) is 3.11. The number of hydrogen-bond acceptors (Lipinski definition) is 4. The molecule has 28 heavy (non-hydrogen) atoms. The molecule has 2 bridgehead atoms. The first-order valence-corrected chi connectivity index (χ1v) is 10.6. The lowest BCUT2D eigenvalue weighted by molar-refractivity contribution is -0.384. The lowest BCUT2D eigenvalue weighted by atomic mass is 9.52. The van der Waals surface area contributed by atoms with E-state index in [2.05, 4.69) is 17.1 Å². The zero-order chi connectivity index (χ0) is 19.8. The summed E-state index contributed by atoms with van der Waals surface area (Å²) in [6.07, 6.45) is 12.7. The molecule has 5 rings (SSSR count). The minimum Gasteiger partial charge on any atom is -0.313 e. The van der Waals surface area contributed by atoms with Crippen LogP contribution < -0.4 is 0 Å². The van der Waals surface area contributed by atoms with Gasteiger partial charge in [0.1, 0.15) is 5.82 Å². The number of nitrogens with zero attached hydrogens (tertiary/aromatic N) is 4. The fraction of sp³-hybridized carbons (Fsp3) is 0.636. The second kappa shape index (κ2) is 7.30. The Morgan fingerprint density at radius 2 is 1.75 bits per heavy atom. The number of para-hydroxylation sites is 1. The van der Waals surface area contributed by atoms with Crippen molar-refractivity contribution in [3.05, 3.63) is 40.2 Å². The van der Waals surface area contributed by atoms with Crippen LogP contribution >= 0.6 is 0 Å². The van der Waals surface area contributed by atoms with Crippen molar-refractivity contribution in [3.8, 4) is 11.4 Å². The van der Waals surface area contributed by atoms with Crippen LogP contribution in [0.25, 0.3) is 11.4 Å². The number of unbranched alkanes of at least 4 members (excludes halogenated alkanes) is 2. The summed E-state index contributed by atoms with van der Waals surface area (Å²) in [5.74, 6) is 1.62. The molecule has 0 N–H and O–H groups in total. The van der Waals surface area contributed by atoms with Crippen LogP contribution in [0.1, 0.15) is 77.0 Å². The molecule has 0 spiro atoms. The second-order valence-corrected chi connectivity index (χ2v) is 8.92. The van der Waals surface area contributed by atoms with Crippen LogP contribution in [0, 0.1) is 15.5 Å². The van der Waals surface area contributed by atoms with Gasteiger partial charge in [0.2, 0.25) is 0 Å². The maximum Gasteiger partial charge on any atom is 0.280 e. The Kier molecular flexibility index (Phi) is 4.98. The highest BCUT2D eigenvalue weighted by molar-refractivity contribution is 5.68. The Balaban J connectivity index is 1.59. The molecular weight excluding hydrogens is 352 g/mol. The summed E-state index contributed by atoms with van der Waals surface area (Å²) in [6, 6.07) is 6.82. The van der Waals surface area contributed by atoms with Crippen LogP contribution in [-0.2, 0) is 12.5 Å². The SMILES string of the molecule is CCCCCC12CCC(c3nnc(-c4ccccc4[N+](=O)[O-])n3C)(CC1)CC2. The largest absolute Gasteiger partial charge is 0.313 e. The summed E-state index contributed by atoms with van der Waals surface area (Å²) in [6.45, 7) is 2.27. The van der Waals surface area contributed by atoms with Crippen molar-refractivity contribution < 1.29 is 4.92 Å². The fourth-order valence-electron chi connectivity index (χ4n) is 5.57. The fourth-order valence-corrected chi connectivity index (χ4v) is 5.57. The van der Waals surface area contributed by atoms with E-state index in [0.717, 1.165) is 5.82 Å². The molecule has 3 saturated carbocycles. The number of nitro groups is 1. The molecule has 150 valence electrons. The van der Waals surface area contributed by atoms with Gasteiger partial charge in [-0.25, -0.2) is 0 Å². The van der Waals surface area contributed by atoms with E-state index in [1.54, 1.807) is 12.1 Å². The Hall–Kier alpha value is -2.24. The molecule has 0 amide bonds. The molecule has 3 fully saturated rings.